The van der Waals surface area contributed by atoms with E-state index < -0.39 is 16.7 Å². The zero-order valence-corrected chi connectivity index (χ0v) is 11.1. The van der Waals surface area contributed by atoms with E-state index in [1.165, 1.54) is 17.8 Å². The van der Waals surface area contributed by atoms with Crippen LogP contribution in [-0.2, 0) is 10.5 Å². The number of aliphatic carboxylic acids is 1. The van der Waals surface area contributed by atoms with E-state index in [4.69, 9.17) is 9.52 Å². The van der Waals surface area contributed by atoms with Crippen LogP contribution in [0.5, 0.6) is 0 Å². The van der Waals surface area contributed by atoms with Crippen molar-refractivity contribution in [3.8, 4) is 0 Å². The Balaban J connectivity index is 2.73. The Morgan fingerprint density at radius 3 is 2.28 bits per heavy atom. The highest BCUT2D eigenvalue weighted by Crippen LogP contribution is 2.35. The maximum atomic E-state index is 11.3. The summed E-state index contributed by atoms with van der Waals surface area (Å²) >= 11 is 1.27. The molecular formula is C12H16O5S. The Bertz CT molecular complexity index is 433. The number of carbonyl (C=O) groups is 2. The van der Waals surface area contributed by atoms with Gasteiger partial charge in [0.2, 0.25) is 5.76 Å². The van der Waals surface area contributed by atoms with Crippen LogP contribution in [0.3, 0.4) is 0 Å². The highest BCUT2D eigenvalue weighted by molar-refractivity contribution is 8.00. The minimum Gasteiger partial charge on any atom is -0.480 e. The first-order valence-corrected chi connectivity index (χ1v) is 6.63. The van der Waals surface area contributed by atoms with E-state index in [1.807, 2.05) is 13.8 Å². The SMILES string of the molecule is CCC(CC)(SCc1ccc(C(=O)O)o1)C(=O)O. The molecule has 0 aliphatic heterocycles. The molecular weight excluding hydrogens is 256 g/mol. The van der Waals surface area contributed by atoms with Crippen LogP contribution >= 0.6 is 11.8 Å². The average molecular weight is 272 g/mol. The molecule has 0 spiro atoms. The molecule has 0 atom stereocenters. The molecule has 1 rings (SSSR count). The van der Waals surface area contributed by atoms with Gasteiger partial charge in [-0.1, -0.05) is 13.8 Å². The molecule has 0 aliphatic carbocycles. The molecule has 0 radical (unpaired) electrons. The standard InChI is InChI=1S/C12H16O5S/c1-3-12(4-2,11(15)16)18-7-8-5-6-9(17-8)10(13)14/h5-6H,3-4,7H2,1-2H3,(H,13,14)(H,15,16). The van der Waals surface area contributed by atoms with Gasteiger partial charge in [-0.3, -0.25) is 4.79 Å². The summed E-state index contributed by atoms with van der Waals surface area (Å²) < 4.78 is 4.26. The minimum absolute atomic E-state index is 0.125. The molecule has 0 saturated heterocycles. The fraction of sp³-hybridized carbons (Fsp3) is 0.500. The topological polar surface area (TPSA) is 87.7 Å². The van der Waals surface area contributed by atoms with Gasteiger partial charge in [0.05, 0.1) is 5.75 Å². The molecule has 6 heteroatoms. The van der Waals surface area contributed by atoms with Crippen LogP contribution in [0, 0.1) is 0 Å². The van der Waals surface area contributed by atoms with Crippen LogP contribution in [0.4, 0.5) is 0 Å². The fourth-order valence-corrected chi connectivity index (χ4v) is 2.70. The van der Waals surface area contributed by atoms with Crippen molar-refractivity contribution >= 4 is 23.7 Å². The largest absolute Gasteiger partial charge is 0.480 e. The third kappa shape index (κ3) is 3.07. The van der Waals surface area contributed by atoms with Gasteiger partial charge in [0.15, 0.2) is 0 Å². The van der Waals surface area contributed by atoms with Gasteiger partial charge in [-0.15, -0.1) is 11.8 Å². The molecule has 0 amide bonds. The van der Waals surface area contributed by atoms with Gasteiger partial charge in [0, 0.05) is 0 Å². The summed E-state index contributed by atoms with van der Waals surface area (Å²) in [5.41, 5.74) is 0. The van der Waals surface area contributed by atoms with Gasteiger partial charge >= 0.3 is 11.9 Å². The van der Waals surface area contributed by atoms with Gasteiger partial charge < -0.3 is 14.6 Å². The predicted molar refractivity (Wildman–Crippen MR) is 67.9 cm³/mol. The van der Waals surface area contributed by atoms with E-state index >= 15 is 0 Å². The number of carboxylic acid groups (broad SMARTS) is 2. The monoisotopic (exact) mass is 272 g/mol. The lowest BCUT2D eigenvalue weighted by molar-refractivity contribution is -0.140. The number of thioether (sulfide) groups is 1. The Morgan fingerprint density at radius 2 is 1.89 bits per heavy atom. The lowest BCUT2D eigenvalue weighted by atomic mass is 10.0. The lowest BCUT2D eigenvalue weighted by Crippen LogP contribution is -2.33. The minimum atomic E-state index is -1.12. The van der Waals surface area contributed by atoms with Crippen LogP contribution in [-0.4, -0.2) is 26.9 Å². The van der Waals surface area contributed by atoms with Gasteiger partial charge in [-0.2, -0.15) is 0 Å². The maximum absolute atomic E-state index is 11.3. The fourth-order valence-electron chi connectivity index (χ4n) is 1.60. The van der Waals surface area contributed by atoms with Crippen molar-refractivity contribution in [3.05, 3.63) is 23.7 Å². The van der Waals surface area contributed by atoms with Crippen LogP contribution in [0.2, 0.25) is 0 Å². The molecule has 18 heavy (non-hydrogen) atoms. The molecule has 5 nitrogen and oxygen atoms in total. The second-order valence-corrected chi connectivity index (χ2v) is 5.23. The third-order valence-electron chi connectivity index (χ3n) is 2.90. The zero-order chi connectivity index (χ0) is 13.8. The Hall–Kier alpha value is -1.43. The van der Waals surface area contributed by atoms with E-state index in [2.05, 4.69) is 0 Å². The second-order valence-electron chi connectivity index (χ2n) is 3.87. The van der Waals surface area contributed by atoms with Crippen molar-refractivity contribution in [2.45, 2.75) is 37.2 Å². The summed E-state index contributed by atoms with van der Waals surface area (Å²) in [7, 11) is 0. The molecule has 1 heterocycles. The summed E-state index contributed by atoms with van der Waals surface area (Å²) in [4.78, 5) is 21.9. The molecule has 0 fully saturated rings. The number of rotatable bonds is 7. The van der Waals surface area contributed by atoms with Crippen LogP contribution < -0.4 is 0 Å². The van der Waals surface area contributed by atoms with Crippen LogP contribution in [0.15, 0.2) is 16.5 Å². The van der Waals surface area contributed by atoms with Crippen molar-refractivity contribution in [1.29, 1.82) is 0 Å². The summed E-state index contributed by atoms with van der Waals surface area (Å²) in [5, 5.41) is 18.0. The molecule has 100 valence electrons. The normalized spacial score (nSPS) is 11.4. The highest BCUT2D eigenvalue weighted by Gasteiger charge is 2.35. The van der Waals surface area contributed by atoms with Crippen molar-refractivity contribution in [2.75, 3.05) is 0 Å². The average Bonchev–Trinajstić information content (AvgIpc) is 2.79. The third-order valence-corrected chi connectivity index (χ3v) is 4.63. The number of hydrogen-bond acceptors (Lipinski definition) is 4. The van der Waals surface area contributed by atoms with Gasteiger partial charge in [-0.25, -0.2) is 4.79 Å². The summed E-state index contributed by atoms with van der Waals surface area (Å²) in [6.07, 6.45) is 1.02. The van der Waals surface area contributed by atoms with Crippen molar-refractivity contribution in [3.63, 3.8) is 0 Å². The molecule has 0 unspecified atom stereocenters. The molecule has 0 saturated carbocycles. The van der Waals surface area contributed by atoms with Crippen molar-refractivity contribution in [2.24, 2.45) is 0 Å². The Kier molecular flexibility index (Phi) is 4.84. The van der Waals surface area contributed by atoms with Crippen LogP contribution in [0.25, 0.3) is 0 Å². The van der Waals surface area contributed by atoms with Crippen molar-refractivity contribution in [1.82, 2.24) is 0 Å². The first-order valence-electron chi connectivity index (χ1n) is 5.64. The van der Waals surface area contributed by atoms with Gasteiger partial charge in [0.1, 0.15) is 10.5 Å². The number of carboxylic acids is 2. The molecule has 2 N–H and O–H groups in total. The van der Waals surface area contributed by atoms with E-state index in [9.17, 15) is 14.7 Å². The molecule has 0 aliphatic rings. The van der Waals surface area contributed by atoms with Gasteiger partial charge in [-0.05, 0) is 25.0 Å². The highest BCUT2D eigenvalue weighted by atomic mass is 32.2. The smallest absolute Gasteiger partial charge is 0.371 e. The van der Waals surface area contributed by atoms with E-state index in [-0.39, 0.29) is 5.76 Å². The first-order chi connectivity index (χ1) is 8.45. The van der Waals surface area contributed by atoms with Crippen molar-refractivity contribution < 1.29 is 24.2 Å². The lowest BCUT2D eigenvalue weighted by Gasteiger charge is -2.25. The zero-order valence-electron chi connectivity index (χ0n) is 10.3. The number of furan rings is 1. The van der Waals surface area contributed by atoms with Crippen LogP contribution in [0.1, 0.15) is 43.0 Å². The molecule has 1 aromatic heterocycles. The van der Waals surface area contributed by atoms with E-state index in [0.717, 1.165) is 0 Å². The van der Waals surface area contributed by atoms with E-state index in [1.54, 1.807) is 6.07 Å². The summed E-state index contributed by atoms with van der Waals surface area (Å²) in [6, 6.07) is 2.94. The number of aromatic carboxylic acids is 1. The number of hydrogen-bond donors (Lipinski definition) is 2. The quantitative estimate of drug-likeness (QED) is 0.793. The molecule has 0 bridgehead atoms. The maximum Gasteiger partial charge on any atom is 0.371 e. The molecule has 1 aromatic rings. The predicted octanol–water partition coefficient (Wildman–Crippen LogP) is 2.85. The summed E-state index contributed by atoms with van der Waals surface area (Å²) in [6.45, 7) is 3.66. The van der Waals surface area contributed by atoms with E-state index in [0.29, 0.717) is 24.4 Å². The Labute approximate surface area is 109 Å². The Morgan fingerprint density at radius 1 is 1.28 bits per heavy atom. The first kappa shape index (κ1) is 14.6. The molecule has 0 aromatic carbocycles. The van der Waals surface area contributed by atoms with Gasteiger partial charge in [0.25, 0.3) is 0 Å². The summed E-state index contributed by atoms with van der Waals surface area (Å²) in [5.74, 6) is -1.27. The second kappa shape index (κ2) is 5.95.